The Balaban J connectivity index is 1.59. The molecule has 0 fully saturated rings. The van der Waals surface area contributed by atoms with E-state index in [1.807, 2.05) is 30.8 Å². The lowest BCUT2D eigenvalue weighted by Crippen LogP contribution is -2.30. The highest BCUT2D eigenvalue weighted by Crippen LogP contribution is 2.34. The Bertz CT molecular complexity index is 1120. The standard InChI is InChI=1S/C25H33N3O2S/c1-25(2,3)17-10-12-18(13-11-17)30-15-14-28-21(16-27(4)5)26-23-22(24(28)29)19-8-6-7-9-20(19)31-23/h10-13H,6-9,14-16H2,1-5H3. The molecule has 0 saturated carbocycles. The highest BCUT2D eigenvalue weighted by Gasteiger charge is 2.22. The van der Waals surface area contributed by atoms with E-state index in [4.69, 9.17) is 9.72 Å². The number of hydrogen-bond acceptors (Lipinski definition) is 5. The van der Waals surface area contributed by atoms with Gasteiger partial charge < -0.3 is 9.64 Å². The highest BCUT2D eigenvalue weighted by molar-refractivity contribution is 7.18. The van der Waals surface area contributed by atoms with Gasteiger partial charge in [0.15, 0.2) is 0 Å². The lowest BCUT2D eigenvalue weighted by Gasteiger charge is -2.19. The molecule has 5 nitrogen and oxygen atoms in total. The van der Waals surface area contributed by atoms with Gasteiger partial charge in [-0.3, -0.25) is 9.36 Å². The molecule has 0 spiro atoms. The summed E-state index contributed by atoms with van der Waals surface area (Å²) in [5.74, 6) is 1.64. The SMILES string of the molecule is CN(C)Cc1nc2sc3c(c2c(=O)n1CCOc1ccc(C(C)(C)C)cc1)CCCC3. The van der Waals surface area contributed by atoms with Gasteiger partial charge >= 0.3 is 0 Å². The van der Waals surface area contributed by atoms with Crippen LogP contribution in [0.25, 0.3) is 10.2 Å². The molecule has 0 bridgehead atoms. The summed E-state index contributed by atoms with van der Waals surface area (Å²) in [6.07, 6.45) is 4.44. The second kappa shape index (κ2) is 8.75. The average molecular weight is 440 g/mol. The number of thiophene rings is 1. The monoisotopic (exact) mass is 439 g/mol. The van der Waals surface area contributed by atoms with Crippen molar-refractivity contribution in [3.8, 4) is 5.75 Å². The number of aromatic nitrogens is 2. The van der Waals surface area contributed by atoms with Crippen LogP contribution < -0.4 is 10.3 Å². The molecule has 0 saturated heterocycles. The fraction of sp³-hybridized carbons (Fsp3) is 0.520. The second-order valence-electron chi connectivity index (χ2n) is 9.74. The van der Waals surface area contributed by atoms with Crippen molar-refractivity contribution < 1.29 is 4.74 Å². The Morgan fingerprint density at radius 1 is 1.13 bits per heavy atom. The Morgan fingerprint density at radius 3 is 2.52 bits per heavy atom. The largest absolute Gasteiger partial charge is 0.492 e. The third-order valence-electron chi connectivity index (χ3n) is 5.92. The van der Waals surface area contributed by atoms with Crippen LogP contribution in [0.1, 0.15) is 55.4 Å². The van der Waals surface area contributed by atoms with Gasteiger partial charge in [-0.25, -0.2) is 4.98 Å². The van der Waals surface area contributed by atoms with Crippen molar-refractivity contribution in [2.45, 2.75) is 65.0 Å². The van der Waals surface area contributed by atoms with E-state index in [0.717, 1.165) is 41.1 Å². The highest BCUT2D eigenvalue weighted by atomic mass is 32.1. The smallest absolute Gasteiger partial charge is 0.262 e. The third kappa shape index (κ3) is 4.70. The van der Waals surface area contributed by atoms with Gasteiger partial charge in [0, 0.05) is 4.88 Å². The predicted octanol–water partition coefficient (Wildman–Crippen LogP) is 4.77. The summed E-state index contributed by atoms with van der Waals surface area (Å²) in [6, 6.07) is 8.26. The van der Waals surface area contributed by atoms with Crippen molar-refractivity contribution in [2.24, 2.45) is 0 Å². The van der Waals surface area contributed by atoms with Gasteiger partial charge in [0.2, 0.25) is 0 Å². The molecule has 0 amide bonds. The lowest BCUT2D eigenvalue weighted by atomic mass is 9.87. The molecule has 0 unspecified atom stereocenters. The minimum absolute atomic E-state index is 0.0907. The first-order valence-electron chi connectivity index (χ1n) is 11.2. The summed E-state index contributed by atoms with van der Waals surface area (Å²) in [6.45, 7) is 8.18. The lowest BCUT2D eigenvalue weighted by molar-refractivity contribution is 0.287. The van der Waals surface area contributed by atoms with Crippen molar-refractivity contribution >= 4 is 21.6 Å². The van der Waals surface area contributed by atoms with Crippen LogP contribution in [0.4, 0.5) is 0 Å². The minimum atomic E-state index is 0.0907. The van der Waals surface area contributed by atoms with Crippen LogP contribution in [-0.2, 0) is 31.3 Å². The average Bonchev–Trinajstić information content (AvgIpc) is 3.08. The minimum Gasteiger partial charge on any atom is -0.492 e. The Kier molecular flexibility index (Phi) is 6.22. The first-order valence-corrected chi connectivity index (χ1v) is 12.0. The van der Waals surface area contributed by atoms with E-state index in [1.165, 1.54) is 22.4 Å². The summed E-state index contributed by atoms with van der Waals surface area (Å²) >= 11 is 1.71. The quantitative estimate of drug-likeness (QED) is 0.555. The molecule has 1 aromatic carbocycles. The molecule has 3 aromatic rings. The molecule has 1 aliphatic rings. The molecule has 0 aliphatic heterocycles. The van der Waals surface area contributed by atoms with Gasteiger partial charge in [0.25, 0.3) is 5.56 Å². The van der Waals surface area contributed by atoms with Gasteiger partial charge in [-0.15, -0.1) is 11.3 Å². The molecule has 0 radical (unpaired) electrons. The van der Waals surface area contributed by atoms with Crippen molar-refractivity contribution in [1.29, 1.82) is 0 Å². The van der Waals surface area contributed by atoms with Crippen LogP contribution in [0.5, 0.6) is 5.75 Å². The topological polar surface area (TPSA) is 47.4 Å². The Labute approximate surface area is 188 Å². The van der Waals surface area contributed by atoms with Crippen molar-refractivity contribution in [3.63, 3.8) is 0 Å². The molecule has 2 aromatic heterocycles. The van der Waals surface area contributed by atoms with E-state index in [1.54, 1.807) is 11.3 Å². The van der Waals surface area contributed by atoms with E-state index in [9.17, 15) is 4.79 Å². The summed E-state index contributed by atoms with van der Waals surface area (Å²) in [4.78, 5) is 22.8. The van der Waals surface area contributed by atoms with Crippen LogP contribution >= 0.6 is 11.3 Å². The van der Waals surface area contributed by atoms with E-state index >= 15 is 0 Å². The fourth-order valence-corrected chi connectivity index (χ4v) is 5.49. The molecule has 4 rings (SSSR count). The molecule has 2 heterocycles. The van der Waals surface area contributed by atoms with Gasteiger partial charge in [0.1, 0.15) is 23.0 Å². The van der Waals surface area contributed by atoms with E-state index in [0.29, 0.717) is 19.7 Å². The maximum Gasteiger partial charge on any atom is 0.262 e. The molecule has 31 heavy (non-hydrogen) atoms. The van der Waals surface area contributed by atoms with Gasteiger partial charge in [0.05, 0.1) is 18.5 Å². The first-order chi connectivity index (χ1) is 14.7. The van der Waals surface area contributed by atoms with Crippen LogP contribution in [-0.4, -0.2) is 35.2 Å². The summed E-state index contributed by atoms with van der Waals surface area (Å²) in [5.41, 5.74) is 2.73. The van der Waals surface area contributed by atoms with E-state index < -0.39 is 0 Å². The number of fused-ring (bicyclic) bond motifs is 3. The number of hydrogen-bond donors (Lipinski definition) is 0. The molecule has 1 aliphatic carbocycles. The Morgan fingerprint density at radius 2 is 1.84 bits per heavy atom. The van der Waals surface area contributed by atoms with Crippen LogP contribution in [0.2, 0.25) is 0 Å². The third-order valence-corrected chi connectivity index (χ3v) is 7.10. The van der Waals surface area contributed by atoms with Gasteiger partial charge in [-0.2, -0.15) is 0 Å². The van der Waals surface area contributed by atoms with Crippen LogP contribution in [0.15, 0.2) is 29.1 Å². The van der Waals surface area contributed by atoms with Crippen molar-refractivity contribution in [1.82, 2.24) is 14.5 Å². The normalized spacial score (nSPS) is 14.3. The number of rotatable bonds is 6. The first kappa shape index (κ1) is 22.0. The number of ether oxygens (including phenoxy) is 1. The molecule has 6 heteroatoms. The van der Waals surface area contributed by atoms with E-state index in [-0.39, 0.29) is 11.0 Å². The number of nitrogens with zero attached hydrogens (tertiary/aromatic N) is 3. The van der Waals surface area contributed by atoms with Crippen LogP contribution in [0, 0.1) is 0 Å². The summed E-state index contributed by atoms with van der Waals surface area (Å²) in [5, 5.41) is 0.844. The number of benzene rings is 1. The van der Waals surface area contributed by atoms with Crippen molar-refractivity contribution in [3.05, 3.63) is 56.4 Å². The van der Waals surface area contributed by atoms with Crippen LogP contribution in [0.3, 0.4) is 0 Å². The molecular formula is C25H33N3O2S. The number of aryl methyl sites for hydroxylation is 2. The van der Waals surface area contributed by atoms with Gasteiger partial charge in [-0.1, -0.05) is 32.9 Å². The zero-order chi connectivity index (χ0) is 22.2. The summed E-state index contributed by atoms with van der Waals surface area (Å²) < 4.78 is 7.83. The van der Waals surface area contributed by atoms with E-state index in [2.05, 4.69) is 37.8 Å². The zero-order valence-corrected chi connectivity index (χ0v) is 20.1. The predicted molar refractivity (Wildman–Crippen MR) is 129 cm³/mol. The van der Waals surface area contributed by atoms with Gasteiger partial charge in [-0.05, 0) is 68.5 Å². The van der Waals surface area contributed by atoms with Crippen molar-refractivity contribution in [2.75, 3.05) is 20.7 Å². The molecular weight excluding hydrogens is 406 g/mol. The maximum absolute atomic E-state index is 13.5. The second-order valence-corrected chi connectivity index (χ2v) is 10.8. The summed E-state index contributed by atoms with van der Waals surface area (Å²) in [7, 11) is 4.01. The molecule has 0 N–H and O–H groups in total. The fourth-order valence-electron chi connectivity index (χ4n) is 4.22. The zero-order valence-electron chi connectivity index (χ0n) is 19.3. The molecule has 0 atom stereocenters. The molecule has 166 valence electrons. The maximum atomic E-state index is 13.5. The Hall–Kier alpha value is -2.18.